The number of hydrogen-bond acceptors (Lipinski definition) is 3. The number of rotatable bonds is 8. The molecule has 1 aliphatic rings. The van der Waals surface area contributed by atoms with Crippen LogP contribution in [-0.4, -0.2) is 40.6 Å². The van der Waals surface area contributed by atoms with Crippen LogP contribution in [0.25, 0.3) is 0 Å². The van der Waals surface area contributed by atoms with Crippen molar-refractivity contribution in [3.8, 4) is 5.88 Å². The third kappa shape index (κ3) is 5.25. The van der Waals surface area contributed by atoms with Crippen molar-refractivity contribution in [2.45, 2.75) is 32.9 Å². The van der Waals surface area contributed by atoms with Gasteiger partial charge < -0.3 is 19.5 Å². The number of nitrogens with one attached hydrogen (secondary N) is 1. The maximum atomic E-state index is 5.77. The molecule has 1 aliphatic carbocycles. The van der Waals surface area contributed by atoms with Gasteiger partial charge in [0.25, 0.3) is 0 Å². The minimum absolute atomic E-state index is 0.599. The highest BCUT2D eigenvalue weighted by Gasteiger charge is 2.22. The molecule has 1 fully saturated rings. The number of hydrogen-bond donors (Lipinski definition) is 1. The molecule has 1 N–H and O–H groups in total. The Bertz CT molecular complexity index is 735. The van der Waals surface area contributed by atoms with Gasteiger partial charge in [0.15, 0.2) is 5.96 Å². The van der Waals surface area contributed by atoms with Crippen LogP contribution < -0.4 is 10.1 Å². The first-order chi connectivity index (χ1) is 12.7. The SMILES string of the molecule is CCNC(=NCc1ccnc(OCC2CC2)c1)N(C)Cc1cccn1C. The summed E-state index contributed by atoms with van der Waals surface area (Å²) < 4.78 is 7.90. The largest absolute Gasteiger partial charge is 0.477 e. The zero-order valence-electron chi connectivity index (χ0n) is 16.0. The number of aromatic nitrogens is 2. The van der Waals surface area contributed by atoms with Crippen LogP contribution in [0, 0.1) is 5.92 Å². The van der Waals surface area contributed by atoms with Gasteiger partial charge in [-0.1, -0.05) is 0 Å². The van der Waals surface area contributed by atoms with Gasteiger partial charge in [-0.25, -0.2) is 9.98 Å². The topological polar surface area (TPSA) is 54.7 Å². The molecule has 0 unspecified atom stereocenters. The molecule has 2 aromatic rings. The van der Waals surface area contributed by atoms with Crippen molar-refractivity contribution in [3.05, 3.63) is 47.9 Å². The summed E-state index contributed by atoms with van der Waals surface area (Å²) in [6.45, 7) is 5.11. The Morgan fingerprint density at radius 2 is 2.27 bits per heavy atom. The Kier molecular flexibility index (Phi) is 6.15. The zero-order valence-corrected chi connectivity index (χ0v) is 16.0. The van der Waals surface area contributed by atoms with Gasteiger partial charge in [-0.2, -0.15) is 0 Å². The fourth-order valence-corrected chi connectivity index (χ4v) is 2.73. The number of ether oxygens (including phenoxy) is 1. The predicted octanol–water partition coefficient (Wildman–Crippen LogP) is 2.81. The van der Waals surface area contributed by atoms with Gasteiger partial charge in [-0.15, -0.1) is 0 Å². The number of aryl methyl sites for hydroxylation is 1. The summed E-state index contributed by atoms with van der Waals surface area (Å²) in [4.78, 5) is 11.2. The monoisotopic (exact) mass is 355 g/mol. The van der Waals surface area contributed by atoms with Gasteiger partial charge in [0.2, 0.25) is 5.88 Å². The molecule has 0 bridgehead atoms. The highest BCUT2D eigenvalue weighted by atomic mass is 16.5. The lowest BCUT2D eigenvalue weighted by molar-refractivity contribution is 0.288. The van der Waals surface area contributed by atoms with Gasteiger partial charge >= 0.3 is 0 Å². The first-order valence-electron chi connectivity index (χ1n) is 9.33. The summed E-state index contributed by atoms with van der Waals surface area (Å²) in [5.74, 6) is 2.32. The van der Waals surface area contributed by atoms with Gasteiger partial charge in [-0.05, 0) is 49.4 Å². The first-order valence-corrected chi connectivity index (χ1v) is 9.33. The van der Waals surface area contributed by atoms with E-state index in [4.69, 9.17) is 9.73 Å². The van der Waals surface area contributed by atoms with E-state index < -0.39 is 0 Å². The standard InChI is InChI=1S/C20H29N5O/c1-4-21-20(25(3)14-18-6-5-11-24(18)2)23-13-17-9-10-22-19(12-17)26-15-16-7-8-16/h5-6,9-12,16H,4,7-8,13-15H2,1-3H3,(H,21,23). The van der Waals surface area contributed by atoms with Gasteiger partial charge in [0, 0.05) is 44.8 Å². The van der Waals surface area contributed by atoms with Crippen molar-refractivity contribution >= 4 is 5.96 Å². The number of nitrogens with zero attached hydrogens (tertiary/aromatic N) is 4. The van der Waals surface area contributed by atoms with E-state index in [1.807, 2.05) is 12.1 Å². The van der Waals surface area contributed by atoms with Crippen LogP contribution in [0.3, 0.4) is 0 Å². The summed E-state index contributed by atoms with van der Waals surface area (Å²) in [5.41, 5.74) is 2.35. The molecule has 0 atom stereocenters. The molecule has 0 aromatic carbocycles. The lowest BCUT2D eigenvalue weighted by Crippen LogP contribution is -2.38. The lowest BCUT2D eigenvalue weighted by Gasteiger charge is -2.22. The summed E-state index contributed by atoms with van der Waals surface area (Å²) in [5, 5.41) is 3.37. The van der Waals surface area contributed by atoms with Gasteiger partial charge in [-0.3, -0.25) is 0 Å². The smallest absolute Gasteiger partial charge is 0.213 e. The van der Waals surface area contributed by atoms with E-state index in [0.29, 0.717) is 12.4 Å². The second kappa shape index (κ2) is 8.74. The van der Waals surface area contributed by atoms with Crippen LogP contribution in [0.15, 0.2) is 41.7 Å². The van der Waals surface area contributed by atoms with Crippen LogP contribution in [-0.2, 0) is 20.1 Å². The van der Waals surface area contributed by atoms with E-state index in [9.17, 15) is 0 Å². The van der Waals surface area contributed by atoms with Gasteiger partial charge in [0.1, 0.15) is 0 Å². The van der Waals surface area contributed by atoms with Crippen LogP contribution in [0.2, 0.25) is 0 Å². The molecule has 3 rings (SSSR count). The van der Waals surface area contributed by atoms with Crippen LogP contribution in [0.1, 0.15) is 31.0 Å². The van der Waals surface area contributed by atoms with E-state index in [0.717, 1.165) is 37.1 Å². The Hall–Kier alpha value is -2.50. The van der Waals surface area contributed by atoms with Crippen molar-refractivity contribution in [1.29, 1.82) is 0 Å². The second-order valence-electron chi connectivity index (χ2n) is 6.89. The molecule has 0 radical (unpaired) electrons. The molecule has 2 aromatic heterocycles. The summed E-state index contributed by atoms with van der Waals surface area (Å²) in [6, 6.07) is 8.18. The molecule has 0 aliphatic heterocycles. The van der Waals surface area contributed by atoms with Crippen LogP contribution in [0.4, 0.5) is 0 Å². The minimum atomic E-state index is 0.599. The maximum absolute atomic E-state index is 5.77. The van der Waals surface area contributed by atoms with Crippen LogP contribution in [0.5, 0.6) is 5.88 Å². The zero-order chi connectivity index (χ0) is 18.4. The van der Waals surface area contributed by atoms with E-state index >= 15 is 0 Å². The molecule has 26 heavy (non-hydrogen) atoms. The highest BCUT2D eigenvalue weighted by Crippen LogP contribution is 2.29. The van der Waals surface area contributed by atoms with Crippen molar-refractivity contribution < 1.29 is 4.74 Å². The number of aliphatic imine (C=N–C) groups is 1. The van der Waals surface area contributed by atoms with E-state index in [2.05, 4.69) is 59.1 Å². The average Bonchev–Trinajstić information content (AvgIpc) is 3.39. The Morgan fingerprint density at radius 3 is 2.96 bits per heavy atom. The Morgan fingerprint density at radius 1 is 1.42 bits per heavy atom. The molecule has 140 valence electrons. The Labute approximate surface area is 155 Å². The molecular weight excluding hydrogens is 326 g/mol. The van der Waals surface area contributed by atoms with E-state index in [-0.39, 0.29) is 0 Å². The maximum Gasteiger partial charge on any atom is 0.213 e. The Balaban J connectivity index is 1.62. The third-order valence-electron chi connectivity index (χ3n) is 4.52. The van der Waals surface area contributed by atoms with Crippen molar-refractivity contribution in [1.82, 2.24) is 19.8 Å². The summed E-state index contributed by atoms with van der Waals surface area (Å²) in [7, 11) is 4.12. The highest BCUT2D eigenvalue weighted by molar-refractivity contribution is 5.79. The summed E-state index contributed by atoms with van der Waals surface area (Å²) >= 11 is 0. The van der Waals surface area contributed by atoms with E-state index in [1.165, 1.54) is 18.5 Å². The summed E-state index contributed by atoms with van der Waals surface area (Å²) in [6.07, 6.45) is 6.42. The number of guanidine groups is 1. The average molecular weight is 355 g/mol. The van der Waals surface area contributed by atoms with Crippen LogP contribution >= 0.6 is 0 Å². The molecule has 2 heterocycles. The second-order valence-corrected chi connectivity index (χ2v) is 6.89. The quantitative estimate of drug-likeness (QED) is 0.584. The fraction of sp³-hybridized carbons (Fsp3) is 0.500. The number of pyridine rings is 1. The van der Waals surface area contributed by atoms with Crippen molar-refractivity contribution in [2.24, 2.45) is 18.0 Å². The molecule has 0 amide bonds. The molecule has 1 saturated carbocycles. The molecular formula is C20H29N5O. The van der Waals surface area contributed by atoms with Crippen molar-refractivity contribution in [3.63, 3.8) is 0 Å². The molecule has 0 saturated heterocycles. The van der Waals surface area contributed by atoms with E-state index in [1.54, 1.807) is 6.20 Å². The third-order valence-corrected chi connectivity index (χ3v) is 4.52. The van der Waals surface area contributed by atoms with Crippen molar-refractivity contribution in [2.75, 3.05) is 20.2 Å². The molecule has 0 spiro atoms. The minimum Gasteiger partial charge on any atom is -0.477 e. The normalized spacial score (nSPS) is 14.3. The molecule has 6 nitrogen and oxygen atoms in total. The first kappa shape index (κ1) is 18.3. The van der Waals surface area contributed by atoms with Gasteiger partial charge in [0.05, 0.1) is 19.7 Å². The molecule has 6 heteroatoms. The lowest BCUT2D eigenvalue weighted by atomic mass is 10.3. The predicted molar refractivity (Wildman–Crippen MR) is 104 cm³/mol. The fourth-order valence-electron chi connectivity index (χ4n) is 2.73.